The van der Waals surface area contributed by atoms with Gasteiger partial charge in [0.2, 0.25) is 0 Å². The average molecular weight is 209 g/mol. The van der Waals surface area contributed by atoms with Crippen molar-refractivity contribution < 1.29 is 14.3 Å². The molecule has 1 aromatic carbocycles. The fourth-order valence-corrected chi connectivity index (χ4v) is 1.13. The molecule has 0 radical (unpaired) electrons. The van der Waals surface area contributed by atoms with Crippen molar-refractivity contribution in [3.8, 4) is 5.75 Å². The number of methoxy groups -OCH3 is 1. The normalized spacial score (nSPS) is 9.73. The molecule has 0 aliphatic rings. The number of hydrogen-bond acceptors (Lipinski definition) is 4. The van der Waals surface area contributed by atoms with Gasteiger partial charge in [0.05, 0.1) is 19.3 Å². The van der Waals surface area contributed by atoms with Crippen LogP contribution >= 0.6 is 0 Å². The van der Waals surface area contributed by atoms with Gasteiger partial charge in [-0.25, -0.2) is 4.79 Å². The van der Waals surface area contributed by atoms with Crippen LogP contribution in [0.25, 0.3) is 0 Å². The zero-order valence-corrected chi connectivity index (χ0v) is 8.95. The van der Waals surface area contributed by atoms with Gasteiger partial charge in [0.25, 0.3) is 0 Å². The number of hydrogen-bond donors (Lipinski definition) is 1. The number of nitrogen functional groups attached to an aromatic ring is 1. The van der Waals surface area contributed by atoms with E-state index in [2.05, 4.69) is 4.74 Å². The third-order valence-corrected chi connectivity index (χ3v) is 1.90. The summed E-state index contributed by atoms with van der Waals surface area (Å²) in [5.41, 5.74) is 6.37. The number of carbonyl (C=O) groups is 1. The van der Waals surface area contributed by atoms with Crippen LogP contribution in [0.4, 0.5) is 5.69 Å². The first-order valence-electron chi connectivity index (χ1n) is 4.79. The third-order valence-electron chi connectivity index (χ3n) is 1.90. The molecular formula is C11H15NO3. The van der Waals surface area contributed by atoms with Gasteiger partial charge in [-0.1, -0.05) is 6.92 Å². The molecule has 15 heavy (non-hydrogen) atoms. The Labute approximate surface area is 89.0 Å². The smallest absolute Gasteiger partial charge is 0.340 e. The van der Waals surface area contributed by atoms with Crippen LogP contribution in [0.3, 0.4) is 0 Å². The van der Waals surface area contributed by atoms with Crippen LogP contribution in [-0.2, 0) is 4.74 Å². The van der Waals surface area contributed by atoms with Crippen molar-refractivity contribution >= 4 is 11.7 Å². The summed E-state index contributed by atoms with van der Waals surface area (Å²) in [6, 6.07) is 4.96. The first-order valence-corrected chi connectivity index (χ1v) is 4.79. The Kier molecular flexibility index (Phi) is 3.97. The highest BCUT2D eigenvalue weighted by atomic mass is 16.5. The zero-order chi connectivity index (χ0) is 11.3. The summed E-state index contributed by atoms with van der Waals surface area (Å²) < 4.78 is 9.98. The molecule has 0 saturated carbocycles. The van der Waals surface area contributed by atoms with E-state index in [0.717, 1.165) is 6.42 Å². The summed E-state index contributed by atoms with van der Waals surface area (Å²) in [4.78, 5) is 11.3. The minimum absolute atomic E-state index is 0.339. The molecule has 0 aliphatic carbocycles. The lowest BCUT2D eigenvalue weighted by molar-refractivity contribution is 0.0601. The lowest BCUT2D eigenvalue weighted by Gasteiger charge is -2.08. The Bertz CT molecular complexity index is 350. The van der Waals surface area contributed by atoms with Gasteiger partial charge in [0.15, 0.2) is 0 Å². The molecule has 4 heteroatoms. The summed E-state index contributed by atoms with van der Waals surface area (Å²) in [6.07, 6.45) is 0.915. The van der Waals surface area contributed by atoms with Gasteiger partial charge < -0.3 is 15.2 Å². The summed E-state index contributed by atoms with van der Waals surface area (Å²) in [7, 11) is 1.32. The zero-order valence-electron chi connectivity index (χ0n) is 8.95. The van der Waals surface area contributed by atoms with Crippen molar-refractivity contribution in [1.29, 1.82) is 0 Å². The molecule has 0 atom stereocenters. The van der Waals surface area contributed by atoms with Crippen LogP contribution in [0.5, 0.6) is 5.75 Å². The highest BCUT2D eigenvalue weighted by molar-refractivity contribution is 5.95. The second-order valence-electron chi connectivity index (χ2n) is 3.09. The monoisotopic (exact) mass is 209 g/mol. The Morgan fingerprint density at radius 2 is 2.20 bits per heavy atom. The molecule has 0 unspecified atom stereocenters. The number of anilines is 1. The van der Waals surface area contributed by atoms with Gasteiger partial charge in [-0.15, -0.1) is 0 Å². The van der Waals surface area contributed by atoms with Crippen LogP contribution in [0.1, 0.15) is 23.7 Å². The van der Waals surface area contributed by atoms with Crippen LogP contribution < -0.4 is 10.5 Å². The molecule has 0 fully saturated rings. The number of rotatable bonds is 4. The molecule has 4 nitrogen and oxygen atoms in total. The molecule has 0 aliphatic heterocycles. The molecule has 1 aromatic rings. The fourth-order valence-electron chi connectivity index (χ4n) is 1.13. The van der Waals surface area contributed by atoms with Gasteiger partial charge >= 0.3 is 5.97 Å². The van der Waals surface area contributed by atoms with Crippen molar-refractivity contribution in [2.75, 3.05) is 19.5 Å². The van der Waals surface area contributed by atoms with Crippen LogP contribution in [0.15, 0.2) is 18.2 Å². The SMILES string of the molecule is CCCOc1ccc(N)c(C(=O)OC)c1. The maximum atomic E-state index is 11.3. The Balaban J connectivity index is 2.89. The molecule has 1 rings (SSSR count). The number of esters is 1. The topological polar surface area (TPSA) is 61.5 Å². The third kappa shape index (κ3) is 2.87. The van der Waals surface area contributed by atoms with Crippen molar-refractivity contribution in [2.45, 2.75) is 13.3 Å². The van der Waals surface area contributed by atoms with E-state index in [9.17, 15) is 4.79 Å². The number of carbonyl (C=O) groups excluding carboxylic acids is 1. The maximum absolute atomic E-state index is 11.3. The molecule has 82 valence electrons. The van der Waals surface area contributed by atoms with E-state index in [-0.39, 0.29) is 0 Å². The van der Waals surface area contributed by atoms with Crippen molar-refractivity contribution in [2.24, 2.45) is 0 Å². The van der Waals surface area contributed by atoms with E-state index < -0.39 is 5.97 Å². The van der Waals surface area contributed by atoms with Gasteiger partial charge in [-0.05, 0) is 24.6 Å². The lowest BCUT2D eigenvalue weighted by Crippen LogP contribution is -2.06. The van der Waals surface area contributed by atoms with Crippen LogP contribution in [-0.4, -0.2) is 19.7 Å². The largest absolute Gasteiger partial charge is 0.494 e. The quantitative estimate of drug-likeness (QED) is 0.607. The van der Waals surface area contributed by atoms with E-state index in [0.29, 0.717) is 23.6 Å². The van der Waals surface area contributed by atoms with Crippen LogP contribution in [0.2, 0.25) is 0 Å². The molecule has 2 N–H and O–H groups in total. The van der Waals surface area contributed by atoms with Gasteiger partial charge in [0.1, 0.15) is 5.75 Å². The van der Waals surface area contributed by atoms with E-state index in [1.807, 2.05) is 6.92 Å². The molecule has 0 bridgehead atoms. The van der Waals surface area contributed by atoms with Crippen molar-refractivity contribution in [3.05, 3.63) is 23.8 Å². The number of ether oxygens (including phenoxy) is 2. The van der Waals surface area contributed by atoms with Crippen molar-refractivity contribution in [3.63, 3.8) is 0 Å². The van der Waals surface area contributed by atoms with Gasteiger partial charge in [0, 0.05) is 5.69 Å². The molecule has 0 spiro atoms. The highest BCUT2D eigenvalue weighted by Gasteiger charge is 2.10. The Morgan fingerprint density at radius 3 is 2.80 bits per heavy atom. The molecular weight excluding hydrogens is 194 g/mol. The first-order chi connectivity index (χ1) is 7.19. The fraction of sp³-hybridized carbons (Fsp3) is 0.364. The maximum Gasteiger partial charge on any atom is 0.340 e. The van der Waals surface area contributed by atoms with Crippen LogP contribution in [0, 0.1) is 0 Å². The highest BCUT2D eigenvalue weighted by Crippen LogP contribution is 2.20. The minimum atomic E-state index is -0.450. The lowest BCUT2D eigenvalue weighted by atomic mass is 10.2. The summed E-state index contributed by atoms with van der Waals surface area (Å²) in [6.45, 7) is 2.63. The van der Waals surface area contributed by atoms with Gasteiger partial charge in [-0.2, -0.15) is 0 Å². The molecule has 0 amide bonds. The minimum Gasteiger partial charge on any atom is -0.494 e. The van der Waals surface area contributed by atoms with E-state index in [1.165, 1.54) is 7.11 Å². The number of benzene rings is 1. The van der Waals surface area contributed by atoms with E-state index >= 15 is 0 Å². The Hall–Kier alpha value is -1.71. The summed E-state index contributed by atoms with van der Waals surface area (Å²) in [5.74, 6) is 0.181. The molecule has 0 aromatic heterocycles. The average Bonchev–Trinajstić information content (AvgIpc) is 2.27. The second kappa shape index (κ2) is 5.24. The van der Waals surface area contributed by atoms with E-state index in [4.69, 9.17) is 10.5 Å². The Morgan fingerprint density at radius 1 is 1.47 bits per heavy atom. The number of nitrogens with two attached hydrogens (primary N) is 1. The summed E-state index contributed by atoms with van der Waals surface area (Å²) in [5, 5.41) is 0. The predicted octanol–water partition coefficient (Wildman–Crippen LogP) is 1.84. The first kappa shape index (κ1) is 11.4. The second-order valence-corrected chi connectivity index (χ2v) is 3.09. The predicted molar refractivity (Wildman–Crippen MR) is 58.0 cm³/mol. The standard InChI is InChI=1S/C11H15NO3/c1-3-6-15-8-4-5-10(12)9(7-8)11(13)14-2/h4-5,7H,3,6,12H2,1-2H3. The molecule has 0 saturated heterocycles. The van der Waals surface area contributed by atoms with Crippen molar-refractivity contribution in [1.82, 2.24) is 0 Å². The van der Waals surface area contributed by atoms with Gasteiger partial charge in [-0.3, -0.25) is 0 Å². The summed E-state index contributed by atoms with van der Waals surface area (Å²) >= 11 is 0. The van der Waals surface area contributed by atoms with E-state index in [1.54, 1.807) is 18.2 Å². The molecule has 0 heterocycles.